The zero-order chi connectivity index (χ0) is 22.3. The zero-order valence-electron chi connectivity index (χ0n) is 16.6. The van der Waals surface area contributed by atoms with E-state index < -0.39 is 30.4 Å². The molecular formula is C20H21BrN2O7. The predicted octanol–water partition coefficient (Wildman–Crippen LogP) is 1.97. The smallest absolute Gasteiger partial charge is 0.333 e. The van der Waals surface area contributed by atoms with Crippen molar-refractivity contribution in [3.63, 3.8) is 0 Å². The van der Waals surface area contributed by atoms with Gasteiger partial charge in [-0.25, -0.2) is 4.79 Å². The Kier molecular flexibility index (Phi) is 8.05. The number of halogens is 1. The Morgan fingerprint density at radius 1 is 1.03 bits per heavy atom. The minimum absolute atomic E-state index is 0.118. The van der Waals surface area contributed by atoms with Crippen LogP contribution in [0.15, 0.2) is 40.9 Å². The molecule has 0 aliphatic heterocycles. The van der Waals surface area contributed by atoms with Gasteiger partial charge in [-0.15, -0.1) is 0 Å². The summed E-state index contributed by atoms with van der Waals surface area (Å²) >= 11 is 3.32. The maximum Gasteiger partial charge on any atom is 0.333 e. The van der Waals surface area contributed by atoms with Crippen molar-refractivity contribution in [2.24, 2.45) is 5.73 Å². The standard InChI is InChI=1S/C20H21BrN2O7/c1-27-14-8-12(9-15(28-2)18(14)30-10-16(22)24)19(25)23-17(20(26)29-3)11-4-6-13(21)7-5-11/h4-9,17H,10H2,1-3H3,(H2,22,24)(H,23,25). The minimum Gasteiger partial charge on any atom is -0.493 e. The van der Waals surface area contributed by atoms with Gasteiger partial charge in [-0.1, -0.05) is 28.1 Å². The highest BCUT2D eigenvalue weighted by Gasteiger charge is 2.26. The zero-order valence-corrected chi connectivity index (χ0v) is 18.1. The van der Waals surface area contributed by atoms with Crippen LogP contribution in [0.2, 0.25) is 0 Å². The Bertz CT molecular complexity index is 906. The Labute approximate surface area is 181 Å². The summed E-state index contributed by atoms with van der Waals surface area (Å²) in [5, 5.41) is 2.64. The SMILES string of the molecule is COC(=O)C(NC(=O)c1cc(OC)c(OCC(N)=O)c(OC)c1)c1ccc(Br)cc1. The summed E-state index contributed by atoms with van der Waals surface area (Å²) in [6.07, 6.45) is 0. The lowest BCUT2D eigenvalue weighted by Crippen LogP contribution is -2.34. The van der Waals surface area contributed by atoms with Crippen LogP contribution in [-0.4, -0.2) is 45.7 Å². The van der Waals surface area contributed by atoms with E-state index in [4.69, 9.17) is 24.7 Å². The van der Waals surface area contributed by atoms with E-state index >= 15 is 0 Å². The van der Waals surface area contributed by atoms with E-state index in [0.717, 1.165) is 4.47 Å². The molecule has 0 saturated heterocycles. The second-order valence-corrected chi connectivity index (χ2v) is 6.86. The number of benzene rings is 2. The fraction of sp³-hybridized carbons (Fsp3) is 0.250. The van der Waals surface area contributed by atoms with Crippen LogP contribution in [0.1, 0.15) is 22.0 Å². The summed E-state index contributed by atoms with van der Waals surface area (Å²) < 4.78 is 21.5. The van der Waals surface area contributed by atoms with Crippen LogP contribution < -0.4 is 25.3 Å². The summed E-state index contributed by atoms with van der Waals surface area (Å²) in [6.45, 7) is -0.397. The molecule has 9 nitrogen and oxygen atoms in total. The van der Waals surface area contributed by atoms with Crippen molar-refractivity contribution in [3.05, 3.63) is 52.0 Å². The molecule has 0 heterocycles. The first kappa shape index (κ1) is 23.0. The molecule has 1 atom stereocenters. The highest BCUT2D eigenvalue weighted by Crippen LogP contribution is 2.38. The second kappa shape index (κ2) is 10.5. The number of amides is 2. The van der Waals surface area contributed by atoms with Crippen molar-refractivity contribution >= 4 is 33.7 Å². The van der Waals surface area contributed by atoms with Crippen molar-refractivity contribution in [1.29, 1.82) is 0 Å². The average molecular weight is 481 g/mol. The maximum absolute atomic E-state index is 12.9. The van der Waals surface area contributed by atoms with Crippen LogP contribution in [0.25, 0.3) is 0 Å². The van der Waals surface area contributed by atoms with Crippen LogP contribution in [0.3, 0.4) is 0 Å². The average Bonchev–Trinajstić information content (AvgIpc) is 2.75. The van der Waals surface area contributed by atoms with Crippen LogP contribution in [0.5, 0.6) is 17.2 Å². The van der Waals surface area contributed by atoms with Crippen LogP contribution in [-0.2, 0) is 14.3 Å². The molecule has 160 valence electrons. The van der Waals surface area contributed by atoms with E-state index in [-0.39, 0.29) is 22.8 Å². The first-order valence-electron chi connectivity index (χ1n) is 8.62. The lowest BCUT2D eigenvalue weighted by molar-refractivity contribution is -0.143. The van der Waals surface area contributed by atoms with Crippen molar-refractivity contribution < 1.29 is 33.3 Å². The van der Waals surface area contributed by atoms with Gasteiger partial charge in [-0.05, 0) is 29.8 Å². The lowest BCUT2D eigenvalue weighted by Gasteiger charge is -2.19. The summed E-state index contributed by atoms with van der Waals surface area (Å²) in [5.41, 5.74) is 5.79. The van der Waals surface area contributed by atoms with Gasteiger partial charge in [0.1, 0.15) is 0 Å². The van der Waals surface area contributed by atoms with Gasteiger partial charge in [-0.2, -0.15) is 0 Å². The molecule has 0 aromatic heterocycles. The van der Waals surface area contributed by atoms with E-state index in [2.05, 4.69) is 21.2 Å². The minimum atomic E-state index is -1.03. The van der Waals surface area contributed by atoms with Gasteiger partial charge in [0.05, 0.1) is 21.3 Å². The summed E-state index contributed by atoms with van der Waals surface area (Å²) in [6, 6.07) is 8.62. The van der Waals surface area contributed by atoms with E-state index in [1.807, 2.05) is 0 Å². The van der Waals surface area contributed by atoms with Crippen molar-refractivity contribution in [2.75, 3.05) is 27.9 Å². The molecule has 30 heavy (non-hydrogen) atoms. The highest BCUT2D eigenvalue weighted by atomic mass is 79.9. The summed E-state index contributed by atoms with van der Waals surface area (Å²) in [4.78, 5) is 36.1. The number of carbonyl (C=O) groups is 3. The van der Waals surface area contributed by atoms with Crippen LogP contribution in [0.4, 0.5) is 0 Å². The van der Waals surface area contributed by atoms with Gasteiger partial charge in [0.15, 0.2) is 24.1 Å². The molecule has 0 spiro atoms. The third kappa shape index (κ3) is 5.63. The molecule has 10 heteroatoms. The van der Waals surface area contributed by atoms with Gasteiger partial charge in [0.25, 0.3) is 11.8 Å². The quantitative estimate of drug-likeness (QED) is 0.525. The molecule has 0 saturated carbocycles. The third-order valence-electron chi connectivity index (χ3n) is 4.00. The summed E-state index contributed by atoms with van der Waals surface area (Å²) in [7, 11) is 3.97. The normalized spacial score (nSPS) is 11.2. The number of nitrogens with one attached hydrogen (secondary N) is 1. The van der Waals surface area contributed by atoms with Crippen molar-refractivity contribution in [2.45, 2.75) is 6.04 Å². The molecule has 0 bridgehead atoms. The van der Waals surface area contributed by atoms with Gasteiger partial charge < -0.3 is 30.0 Å². The lowest BCUT2D eigenvalue weighted by atomic mass is 10.1. The maximum atomic E-state index is 12.9. The monoisotopic (exact) mass is 480 g/mol. The number of methoxy groups -OCH3 is 3. The molecule has 0 fully saturated rings. The fourth-order valence-corrected chi connectivity index (χ4v) is 2.83. The topological polar surface area (TPSA) is 126 Å². The van der Waals surface area contributed by atoms with Crippen molar-refractivity contribution in [1.82, 2.24) is 5.32 Å². The van der Waals surface area contributed by atoms with Gasteiger partial charge in [0.2, 0.25) is 5.75 Å². The number of primary amides is 1. The first-order chi connectivity index (χ1) is 14.3. The number of esters is 1. The Morgan fingerprint density at radius 2 is 1.60 bits per heavy atom. The van der Waals surface area contributed by atoms with E-state index in [1.165, 1.54) is 33.5 Å². The molecule has 2 aromatic rings. The molecular weight excluding hydrogens is 460 g/mol. The number of ether oxygens (including phenoxy) is 4. The van der Waals surface area contributed by atoms with E-state index in [9.17, 15) is 14.4 Å². The number of hydrogen-bond donors (Lipinski definition) is 2. The predicted molar refractivity (Wildman–Crippen MR) is 111 cm³/mol. The molecule has 0 aliphatic rings. The molecule has 0 radical (unpaired) electrons. The Hall–Kier alpha value is -3.27. The summed E-state index contributed by atoms with van der Waals surface area (Å²) in [5.74, 6) is -1.47. The second-order valence-electron chi connectivity index (χ2n) is 5.95. The van der Waals surface area contributed by atoms with Crippen molar-refractivity contribution in [3.8, 4) is 17.2 Å². The molecule has 2 amide bonds. The van der Waals surface area contributed by atoms with Gasteiger partial charge in [-0.3, -0.25) is 9.59 Å². The largest absolute Gasteiger partial charge is 0.493 e. The molecule has 2 aromatic carbocycles. The molecule has 0 aliphatic carbocycles. The Morgan fingerprint density at radius 3 is 2.07 bits per heavy atom. The highest BCUT2D eigenvalue weighted by molar-refractivity contribution is 9.10. The Balaban J connectivity index is 2.36. The molecule has 2 rings (SSSR count). The molecule has 3 N–H and O–H groups in total. The fourth-order valence-electron chi connectivity index (χ4n) is 2.56. The number of hydrogen-bond acceptors (Lipinski definition) is 7. The number of carbonyl (C=O) groups excluding carboxylic acids is 3. The molecule has 1 unspecified atom stereocenters. The number of rotatable bonds is 9. The van der Waals surface area contributed by atoms with E-state index in [1.54, 1.807) is 24.3 Å². The first-order valence-corrected chi connectivity index (χ1v) is 9.41. The van der Waals surface area contributed by atoms with Crippen LogP contribution in [0, 0.1) is 0 Å². The van der Waals surface area contributed by atoms with E-state index in [0.29, 0.717) is 5.56 Å². The third-order valence-corrected chi connectivity index (χ3v) is 4.53. The van der Waals surface area contributed by atoms with Gasteiger partial charge in [0, 0.05) is 10.0 Å². The van der Waals surface area contributed by atoms with Gasteiger partial charge >= 0.3 is 5.97 Å². The van der Waals surface area contributed by atoms with Crippen LogP contribution >= 0.6 is 15.9 Å². The number of nitrogens with two attached hydrogens (primary N) is 1.